The van der Waals surface area contributed by atoms with Crippen molar-refractivity contribution in [2.24, 2.45) is 13.0 Å². The second kappa shape index (κ2) is 5.63. The SMILES string of the molecule is CC(C)CNC(=O)c1nn(C)c2ccc(Cl)cc2c1=O. The molecule has 106 valence electrons. The molecule has 0 radical (unpaired) electrons. The van der Waals surface area contributed by atoms with Crippen molar-refractivity contribution in [3.05, 3.63) is 39.1 Å². The molecular weight excluding hydrogens is 278 g/mol. The van der Waals surface area contributed by atoms with Gasteiger partial charge in [0.05, 0.1) is 10.9 Å². The minimum atomic E-state index is -0.457. The second-order valence-corrected chi connectivity index (χ2v) is 5.50. The average Bonchev–Trinajstić information content (AvgIpc) is 2.40. The van der Waals surface area contributed by atoms with Crippen LogP contribution >= 0.6 is 11.6 Å². The Morgan fingerprint density at radius 2 is 2.15 bits per heavy atom. The first-order chi connectivity index (χ1) is 9.40. The molecule has 0 atom stereocenters. The number of nitrogens with zero attached hydrogens (tertiary/aromatic N) is 2. The standard InChI is InChI=1S/C14H16ClN3O2/c1-8(2)7-16-14(20)12-13(19)10-6-9(15)4-5-11(10)18(3)17-12/h4-6,8H,7H2,1-3H3,(H,16,20). The molecule has 0 saturated heterocycles. The van der Waals surface area contributed by atoms with Gasteiger partial charge in [0.1, 0.15) is 0 Å². The summed E-state index contributed by atoms with van der Waals surface area (Å²) < 4.78 is 1.51. The van der Waals surface area contributed by atoms with E-state index in [4.69, 9.17) is 11.6 Å². The minimum absolute atomic E-state index is 0.108. The number of hydrogen-bond donors (Lipinski definition) is 1. The van der Waals surface area contributed by atoms with Crippen molar-refractivity contribution in [1.29, 1.82) is 0 Å². The van der Waals surface area contributed by atoms with Crippen LogP contribution in [-0.2, 0) is 7.05 Å². The molecular formula is C14H16ClN3O2. The van der Waals surface area contributed by atoms with Gasteiger partial charge in [-0.05, 0) is 24.1 Å². The van der Waals surface area contributed by atoms with Crippen molar-refractivity contribution in [1.82, 2.24) is 15.1 Å². The number of carbonyl (C=O) groups excluding carboxylic acids is 1. The topological polar surface area (TPSA) is 64.0 Å². The predicted octanol–water partition coefficient (Wildman–Crippen LogP) is 1.97. The summed E-state index contributed by atoms with van der Waals surface area (Å²) in [5.74, 6) is -0.154. The lowest BCUT2D eigenvalue weighted by molar-refractivity contribution is 0.0941. The average molecular weight is 294 g/mol. The van der Waals surface area contributed by atoms with Crippen molar-refractivity contribution in [3.8, 4) is 0 Å². The van der Waals surface area contributed by atoms with Gasteiger partial charge < -0.3 is 5.32 Å². The zero-order chi connectivity index (χ0) is 14.9. The van der Waals surface area contributed by atoms with E-state index in [0.29, 0.717) is 28.4 Å². The van der Waals surface area contributed by atoms with E-state index in [-0.39, 0.29) is 5.69 Å². The van der Waals surface area contributed by atoms with Crippen LogP contribution in [0.5, 0.6) is 0 Å². The van der Waals surface area contributed by atoms with Crippen molar-refractivity contribution < 1.29 is 4.79 Å². The van der Waals surface area contributed by atoms with E-state index in [1.165, 1.54) is 4.68 Å². The molecule has 0 fully saturated rings. The third-order valence-electron chi connectivity index (χ3n) is 2.90. The zero-order valence-electron chi connectivity index (χ0n) is 11.6. The van der Waals surface area contributed by atoms with Crippen LogP contribution in [0.2, 0.25) is 5.02 Å². The minimum Gasteiger partial charge on any atom is -0.350 e. The third-order valence-corrected chi connectivity index (χ3v) is 3.14. The fraction of sp³-hybridized carbons (Fsp3) is 0.357. The fourth-order valence-electron chi connectivity index (χ4n) is 1.88. The first kappa shape index (κ1) is 14.5. The first-order valence-corrected chi connectivity index (χ1v) is 6.72. The Kier molecular flexibility index (Phi) is 4.09. The molecule has 0 aliphatic rings. The summed E-state index contributed by atoms with van der Waals surface area (Å²) in [6, 6.07) is 4.95. The molecule has 1 aromatic heterocycles. The van der Waals surface area contributed by atoms with Crippen molar-refractivity contribution in [3.63, 3.8) is 0 Å². The van der Waals surface area contributed by atoms with Gasteiger partial charge in [0.15, 0.2) is 5.69 Å². The van der Waals surface area contributed by atoms with E-state index in [0.717, 1.165) is 0 Å². The van der Waals surface area contributed by atoms with Gasteiger partial charge in [-0.1, -0.05) is 25.4 Å². The zero-order valence-corrected chi connectivity index (χ0v) is 12.4. The Balaban J connectivity index is 2.52. The molecule has 0 saturated carbocycles. The molecule has 2 aromatic rings. The summed E-state index contributed by atoms with van der Waals surface area (Å²) in [5.41, 5.74) is 0.129. The normalized spacial score (nSPS) is 11.1. The molecule has 2 rings (SSSR count). The molecule has 5 nitrogen and oxygen atoms in total. The maximum Gasteiger partial charge on any atom is 0.275 e. The predicted molar refractivity (Wildman–Crippen MR) is 79.2 cm³/mol. The van der Waals surface area contributed by atoms with Crippen molar-refractivity contribution in [2.45, 2.75) is 13.8 Å². The summed E-state index contributed by atoms with van der Waals surface area (Å²) >= 11 is 5.91. The Morgan fingerprint density at radius 1 is 1.45 bits per heavy atom. The number of benzene rings is 1. The smallest absolute Gasteiger partial charge is 0.275 e. The lowest BCUT2D eigenvalue weighted by atomic mass is 10.2. The summed E-state index contributed by atoms with van der Waals surface area (Å²) in [6.07, 6.45) is 0. The van der Waals surface area contributed by atoms with Crippen LogP contribution in [-0.4, -0.2) is 22.2 Å². The van der Waals surface area contributed by atoms with Crippen molar-refractivity contribution >= 4 is 28.4 Å². The first-order valence-electron chi connectivity index (χ1n) is 6.35. The number of nitrogens with one attached hydrogen (secondary N) is 1. The summed E-state index contributed by atoms with van der Waals surface area (Å²) in [6.45, 7) is 4.45. The van der Waals surface area contributed by atoms with Crippen molar-refractivity contribution in [2.75, 3.05) is 6.54 Å². The highest BCUT2D eigenvalue weighted by Gasteiger charge is 2.16. The molecule has 20 heavy (non-hydrogen) atoms. The summed E-state index contributed by atoms with van der Waals surface area (Å²) in [5, 5.41) is 7.60. The molecule has 0 bridgehead atoms. The number of hydrogen-bond acceptors (Lipinski definition) is 3. The van der Waals surface area contributed by atoms with Crippen LogP contribution in [0.25, 0.3) is 10.9 Å². The highest BCUT2D eigenvalue weighted by atomic mass is 35.5. The van der Waals surface area contributed by atoms with E-state index < -0.39 is 11.3 Å². The monoisotopic (exact) mass is 293 g/mol. The summed E-state index contributed by atoms with van der Waals surface area (Å²) in [4.78, 5) is 24.4. The molecule has 0 aliphatic carbocycles. The van der Waals surface area contributed by atoms with Crippen LogP contribution in [0.15, 0.2) is 23.0 Å². The number of aryl methyl sites for hydroxylation is 1. The van der Waals surface area contributed by atoms with Gasteiger partial charge in [-0.25, -0.2) is 0 Å². The van der Waals surface area contributed by atoms with Crippen LogP contribution in [0.1, 0.15) is 24.3 Å². The molecule has 0 unspecified atom stereocenters. The van der Waals surface area contributed by atoms with Gasteiger partial charge in [-0.15, -0.1) is 0 Å². The van der Waals surface area contributed by atoms with E-state index in [9.17, 15) is 9.59 Å². The number of fused-ring (bicyclic) bond motifs is 1. The summed E-state index contributed by atoms with van der Waals surface area (Å²) in [7, 11) is 1.69. The molecule has 0 aliphatic heterocycles. The Hall–Kier alpha value is -1.88. The molecule has 0 spiro atoms. The number of rotatable bonds is 3. The van der Waals surface area contributed by atoms with E-state index in [1.807, 2.05) is 13.8 Å². The van der Waals surface area contributed by atoms with Crippen LogP contribution in [0, 0.1) is 5.92 Å². The molecule has 1 amide bonds. The maximum atomic E-state index is 12.3. The number of aromatic nitrogens is 2. The second-order valence-electron chi connectivity index (χ2n) is 5.07. The largest absolute Gasteiger partial charge is 0.350 e. The van der Waals surface area contributed by atoms with Gasteiger partial charge in [0, 0.05) is 18.6 Å². The van der Waals surface area contributed by atoms with Crippen LogP contribution < -0.4 is 10.7 Å². The number of amides is 1. The van der Waals surface area contributed by atoms with Gasteiger partial charge in [0.25, 0.3) is 5.91 Å². The molecule has 1 N–H and O–H groups in total. The van der Waals surface area contributed by atoms with Gasteiger partial charge in [-0.3, -0.25) is 14.3 Å². The Labute approximate surface area is 121 Å². The van der Waals surface area contributed by atoms with Gasteiger partial charge >= 0.3 is 0 Å². The van der Waals surface area contributed by atoms with E-state index in [2.05, 4.69) is 10.4 Å². The highest BCUT2D eigenvalue weighted by molar-refractivity contribution is 6.31. The molecule has 6 heteroatoms. The van der Waals surface area contributed by atoms with E-state index in [1.54, 1.807) is 25.2 Å². The third kappa shape index (κ3) is 2.82. The fourth-order valence-corrected chi connectivity index (χ4v) is 2.05. The van der Waals surface area contributed by atoms with Crippen LogP contribution in [0.3, 0.4) is 0 Å². The maximum absolute atomic E-state index is 12.3. The van der Waals surface area contributed by atoms with Crippen LogP contribution in [0.4, 0.5) is 0 Å². The Morgan fingerprint density at radius 3 is 2.80 bits per heavy atom. The quantitative estimate of drug-likeness (QED) is 0.941. The van der Waals surface area contributed by atoms with Gasteiger partial charge in [-0.2, -0.15) is 5.10 Å². The number of halogens is 1. The lowest BCUT2D eigenvalue weighted by Crippen LogP contribution is -2.33. The van der Waals surface area contributed by atoms with E-state index >= 15 is 0 Å². The van der Waals surface area contributed by atoms with Gasteiger partial charge in [0.2, 0.25) is 5.43 Å². The Bertz CT molecular complexity index is 722. The highest BCUT2D eigenvalue weighted by Crippen LogP contribution is 2.15. The number of carbonyl (C=O) groups is 1. The molecule has 1 aromatic carbocycles. The molecule has 1 heterocycles. The lowest BCUT2D eigenvalue weighted by Gasteiger charge is -2.09.